The maximum Gasteiger partial charge on any atom is 0.323 e. The number of hydrogen-bond donors (Lipinski definition) is 0. The van der Waals surface area contributed by atoms with Crippen LogP contribution in [0, 0.1) is 0 Å². The third kappa shape index (κ3) is 2.72. The van der Waals surface area contributed by atoms with E-state index in [-0.39, 0.29) is 12.0 Å². The second-order valence-electron chi connectivity index (χ2n) is 4.84. The number of carbonyl (C=O) groups is 1. The van der Waals surface area contributed by atoms with E-state index >= 15 is 0 Å². The molecular formula is C15H21NO2. The van der Waals surface area contributed by atoms with Crippen LogP contribution in [0.1, 0.15) is 31.2 Å². The molecule has 18 heavy (non-hydrogen) atoms. The van der Waals surface area contributed by atoms with Crippen molar-refractivity contribution < 1.29 is 9.53 Å². The lowest BCUT2D eigenvalue weighted by Crippen LogP contribution is -2.39. The minimum atomic E-state index is -0.105. The van der Waals surface area contributed by atoms with Crippen LogP contribution in [0.25, 0.3) is 0 Å². The fraction of sp³-hybridized carbons (Fsp3) is 0.533. The molecule has 2 rings (SSSR count). The van der Waals surface area contributed by atoms with Gasteiger partial charge >= 0.3 is 5.97 Å². The summed E-state index contributed by atoms with van der Waals surface area (Å²) in [6.45, 7) is 3.97. The molecule has 0 amide bonds. The molecule has 0 unspecified atom stereocenters. The van der Waals surface area contributed by atoms with Crippen molar-refractivity contribution in [2.45, 2.75) is 31.7 Å². The summed E-state index contributed by atoms with van der Waals surface area (Å²) in [6, 6.07) is 10.5. The smallest absolute Gasteiger partial charge is 0.323 e. The van der Waals surface area contributed by atoms with Crippen molar-refractivity contribution in [3.63, 3.8) is 0 Å². The second kappa shape index (κ2) is 6.01. The maximum atomic E-state index is 11.7. The van der Waals surface area contributed by atoms with Crippen LogP contribution in [0.2, 0.25) is 0 Å². The van der Waals surface area contributed by atoms with Crippen LogP contribution in [0.15, 0.2) is 30.3 Å². The Morgan fingerprint density at radius 1 is 1.44 bits per heavy atom. The van der Waals surface area contributed by atoms with Gasteiger partial charge in [0.1, 0.15) is 6.04 Å². The minimum Gasteiger partial charge on any atom is -0.468 e. The molecule has 1 aromatic rings. The number of likely N-dealkylation sites (tertiary alicyclic amines) is 1. The number of hydrogen-bond acceptors (Lipinski definition) is 3. The standard InChI is InChI=1S/C15H21NO2/c1-3-14(15(17)18-2)16-10-9-13(11-16)12-7-5-4-6-8-12/h4-8,13-14H,3,9-11H2,1-2H3/t13-,14-/m0/s1. The van der Waals surface area contributed by atoms with E-state index in [0.717, 1.165) is 25.9 Å². The quantitative estimate of drug-likeness (QED) is 0.765. The van der Waals surface area contributed by atoms with Crippen molar-refractivity contribution >= 4 is 5.97 Å². The van der Waals surface area contributed by atoms with Crippen LogP contribution in [-0.2, 0) is 9.53 Å². The third-order valence-corrected chi connectivity index (χ3v) is 3.79. The zero-order valence-corrected chi connectivity index (χ0v) is 11.1. The van der Waals surface area contributed by atoms with Gasteiger partial charge in [-0.1, -0.05) is 37.3 Å². The van der Waals surface area contributed by atoms with Crippen LogP contribution < -0.4 is 0 Å². The Labute approximate surface area is 109 Å². The van der Waals surface area contributed by atoms with Crippen molar-refractivity contribution in [3.8, 4) is 0 Å². The van der Waals surface area contributed by atoms with Crippen molar-refractivity contribution in [1.82, 2.24) is 4.90 Å². The number of ether oxygens (including phenoxy) is 1. The first kappa shape index (κ1) is 13.1. The van der Waals surface area contributed by atoms with Gasteiger partial charge in [-0.25, -0.2) is 0 Å². The van der Waals surface area contributed by atoms with E-state index in [1.807, 2.05) is 13.0 Å². The summed E-state index contributed by atoms with van der Waals surface area (Å²) in [5, 5.41) is 0. The van der Waals surface area contributed by atoms with Gasteiger partial charge in [0.05, 0.1) is 7.11 Å². The molecule has 1 aliphatic heterocycles. The highest BCUT2D eigenvalue weighted by atomic mass is 16.5. The molecule has 0 N–H and O–H groups in total. The SMILES string of the molecule is CC[C@@H](C(=O)OC)N1CC[C@H](c2ccccc2)C1. The lowest BCUT2D eigenvalue weighted by atomic mass is 9.99. The topological polar surface area (TPSA) is 29.5 Å². The average molecular weight is 247 g/mol. The second-order valence-corrected chi connectivity index (χ2v) is 4.84. The van der Waals surface area contributed by atoms with Gasteiger partial charge in [-0.05, 0) is 30.9 Å². The summed E-state index contributed by atoms with van der Waals surface area (Å²) in [5.41, 5.74) is 1.37. The minimum absolute atomic E-state index is 0.0799. The van der Waals surface area contributed by atoms with E-state index in [1.54, 1.807) is 0 Å². The molecule has 0 aromatic heterocycles. The maximum absolute atomic E-state index is 11.7. The van der Waals surface area contributed by atoms with E-state index in [1.165, 1.54) is 12.7 Å². The molecule has 1 saturated heterocycles. The molecule has 0 radical (unpaired) electrons. The molecule has 0 aliphatic carbocycles. The van der Waals surface area contributed by atoms with E-state index in [0.29, 0.717) is 5.92 Å². The zero-order valence-electron chi connectivity index (χ0n) is 11.1. The third-order valence-electron chi connectivity index (χ3n) is 3.79. The molecule has 1 heterocycles. The Balaban J connectivity index is 2.01. The summed E-state index contributed by atoms with van der Waals surface area (Å²) in [4.78, 5) is 14.0. The van der Waals surface area contributed by atoms with Crippen LogP contribution in [0.5, 0.6) is 0 Å². The first-order valence-electron chi connectivity index (χ1n) is 6.63. The number of carbonyl (C=O) groups excluding carboxylic acids is 1. The Hall–Kier alpha value is -1.35. The van der Waals surface area contributed by atoms with Crippen LogP contribution in [0.4, 0.5) is 0 Å². The van der Waals surface area contributed by atoms with E-state index in [2.05, 4.69) is 29.2 Å². The molecule has 1 aromatic carbocycles. The average Bonchev–Trinajstić information content (AvgIpc) is 2.90. The van der Waals surface area contributed by atoms with Gasteiger partial charge in [-0.15, -0.1) is 0 Å². The molecule has 98 valence electrons. The molecular weight excluding hydrogens is 226 g/mol. The van der Waals surface area contributed by atoms with Crippen molar-refractivity contribution in [3.05, 3.63) is 35.9 Å². The van der Waals surface area contributed by atoms with Gasteiger partial charge in [-0.2, -0.15) is 0 Å². The Morgan fingerprint density at radius 2 is 2.17 bits per heavy atom. The Kier molecular flexibility index (Phi) is 4.37. The van der Waals surface area contributed by atoms with Gasteiger partial charge in [-0.3, -0.25) is 9.69 Å². The number of esters is 1. The first-order valence-corrected chi connectivity index (χ1v) is 6.63. The van der Waals surface area contributed by atoms with E-state index in [4.69, 9.17) is 4.74 Å². The highest BCUT2D eigenvalue weighted by molar-refractivity contribution is 5.75. The lowest BCUT2D eigenvalue weighted by Gasteiger charge is -2.24. The van der Waals surface area contributed by atoms with Gasteiger partial charge in [0.15, 0.2) is 0 Å². The zero-order chi connectivity index (χ0) is 13.0. The molecule has 0 bridgehead atoms. The number of rotatable bonds is 4. The summed E-state index contributed by atoms with van der Waals surface area (Å²) in [6.07, 6.45) is 1.94. The van der Waals surface area contributed by atoms with Gasteiger partial charge in [0, 0.05) is 6.54 Å². The van der Waals surface area contributed by atoms with E-state index in [9.17, 15) is 4.79 Å². The molecule has 0 spiro atoms. The van der Waals surface area contributed by atoms with Crippen molar-refractivity contribution in [2.24, 2.45) is 0 Å². The van der Waals surface area contributed by atoms with Gasteiger partial charge in [0.2, 0.25) is 0 Å². The number of benzene rings is 1. The molecule has 3 heteroatoms. The number of methoxy groups -OCH3 is 1. The highest BCUT2D eigenvalue weighted by Gasteiger charge is 2.32. The number of nitrogens with zero attached hydrogens (tertiary/aromatic N) is 1. The summed E-state index contributed by atoms with van der Waals surface area (Å²) in [7, 11) is 1.47. The van der Waals surface area contributed by atoms with Crippen LogP contribution in [-0.4, -0.2) is 37.1 Å². The van der Waals surface area contributed by atoms with E-state index < -0.39 is 0 Å². The molecule has 1 fully saturated rings. The Bertz CT molecular complexity index is 391. The predicted molar refractivity (Wildman–Crippen MR) is 71.5 cm³/mol. The molecule has 2 atom stereocenters. The fourth-order valence-corrected chi connectivity index (χ4v) is 2.78. The normalized spacial score (nSPS) is 21.8. The van der Waals surface area contributed by atoms with Crippen LogP contribution >= 0.6 is 0 Å². The van der Waals surface area contributed by atoms with Crippen molar-refractivity contribution in [2.75, 3.05) is 20.2 Å². The fourth-order valence-electron chi connectivity index (χ4n) is 2.78. The van der Waals surface area contributed by atoms with Gasteiger partial charge in [0.25, 0.3) is 0 Å². The molecule has 3 nitrogen and oxygen atoms in total. The predicted octanol–water partition coefficient (Wildman–Crippen LogP) is 2.43. The van der Waals surface area contributed by atoms with Crippen molar-refractivity contribution in [1.29, 1.82) is 0 Å². The molecule has 0 saturated carbocycles. The summed E-state index contributed by atoms with van der Waals surface area (Å²) < 4.78 is 4.88. The van der Waals surface area contributed by atoms with Gasteiger partial charge < -0.3 is 4.74 Å². The largest absolute Gasteiger partial charge is 0.468 e. The monoisotopic (exact) mass is 247 g/mol. The summed E-state index contributed by atoms with van der Waals surface area (Å²) in [5.74, 6) is 0.441. The van der Waals surface area contributed by atoms with Crippen LogP contribution in [0.3, 0.4) is 0 Å². The first-order chi connectivity index (χ1) is 8.76. The molecule has 1 aliphatic rings. The lowest BCUT2D eigenvalue weighted by molar-refractivity contribution is -0.146. The highest BCUT2D eigenvalue weighted by Crippen LogP contribution is 2.29. The summed E-state index contributed by atoms with van der Waals surface area (Å²) >= 11 is 0. The Morgan fingerprint density at radius 3 is 2.78 bits per heavy atom.